The minimum atomic E-state index is -0.491. The van der Waals surface area contributed by atoms with Gasteiger partial charge >= 0.3 is 6.09 Å². The molecule has 1 aromatic heterocycles. The molecule has 1 aliphatic heterocycles. The van der Waals surface area contributed by atoms with Crippen LogP contribution in [-0.2, 0) is 14.3 Å². The Balaban J connectivity index is 1.24. The Morgan fingerprint density at radius 3 is 2.33 bits per heavy atom. The number of rotatable bonds is 4. The number of nitrogens with zero attached hydrogens (tertiary/aromatic N) is 2. The first kappa shape index (κ1) is 23.8. The summed E-state index contributed by atoms with van der Waals surface area (Å²) in [6, 6.07) is 4.08. The molecular formula is C25H38N4O4. The van der Waals surface area contributed by atoms with Gasteiger partial charge in [-0.3, -0.25) is 4.79 Å². The van der Waals surface area contributed by atoms with Crippen molar-refractivity contribution in [2.45, 2.75) is 91.1 Å². The second-order valence-electron chi connectivity index (χ2n) is 11.3. The second-order valence-corrected chi connectivity index (χ2v) is 11.3. The number of aromatic nitrogens is 1. The quantitative estimate of drug-likeness (QED) is 0.708. The highest BCUT2D eigenvalue weighted by Crippen LogP contribution is 2.58. The van der Waals surface area contributed by atoms with Gasteiger partial charge in [0.15, 0.2) is 0 Å². The summed E-state index contributed by atoms with van der Waals surface area (Å²) in [7, 11) is 0. The highest BCUT2D eigenvalue weighted by atomic mass is 16.6. The van der Waals surface area contributed by atoms with E-state index in [1.807, 2.05) is 39.8 Å². The molecule has 2 unspecified atom stereocenters. The van der Waals surface area contributed by atoms with Crippen LogP contribution in [0, 0.1) is 18.3 Å². The number of morpholine rings is 1. The van der Waals surface area contributed by atoms with Crippen LogP contribution in [0.25, 0.3) is 0 Å². The van der Waals surface area contributed by atoms with Crippen LogP contribution >= 0.6 is 0 Å². The summed E-state index contributed by atoms with van der Waals surface area (Å²) in [6.45, 7) is 13.3. The van der Waals surface area contributed by atoms with Crippen LogP contribution in [0.15, 0.2) is 12.1 Å². The largest absolute Gasteiger partial charge is 0.444 e. The summed E-state index contributed by atoms with van der Waals surface area (Å²) in [5.41, 5.74) is 1.31. The molecule has 4 rings (SSSR count). The fourth-order valence-corrected chi connectivity index (χ4v) is 5.52. The molecule has 1 saturated heterocycles. The Kier molecular flexibility index (Phi) is 6.33. The van der Waals surface area contributed by atoms with Crippen molar-refractivity contribution in [2.24, 2.45) is 11.3 Å². The third-order valence-electron chi connectivity index (χ3n) is 6.88. The lowest BCUT2D eigenvalue weighted by Crippen LogP contribution is -2.58. The van der Waals surface area contributed by atoms with E-state index in [2.05, 4.69) is 29.4 Å². The lowest BCUT2D eigenvalue weighted by atomic mass is 9.50. The molecule has 0 aromatic carbocycles. The van der Waals surface area contributed by atoms with E-state index in [-0.39, 0.29) is 41.6 Å². The third-order valence-corrected chi connectivity index (χ3v) is 6.88. The van der Waals surface area contributed by atoms with E-state index in [0.717, 1.165) is 56.0 Å². The molecule has 33 heavy (non-hydrogen) atoms. The number of anilines is 2. The van der Waals surface area contributed by atoms with Crippen molar-refractivity contribution < 1.29 is 19.1 Å². The van der Waals surface area contributed by atoms with Gasteiger partial charge in [0.25, 0.3) is 0 Å². The maximum absolute atomic E-state index is 12.8. The monoisotopic (exact) mass is 458 g/mol. The number of ether oxygens (including phenoxy) is 2. The van der Waals surface area contributed by atoms with Crippen LogP contribution in [0.2, 0.25) is 0 Å². The number of hydrogen-bond acceptors (Lipinski definition) is 6. The maximum atomic E-state index is 12.8. The Hall–Kier alpha value is -2.35. The first-order valence-corrected chi connectivity index (χ1v) is 12.1. The van der Waals surface area contributed by atoms with Crippen molar-refractivity contribution >= 4 is 23.5 Å². The predicted molar refractivity (Wildman–Crippen MR) is 127 cm³/mol. The Labute approximate surface area is 196 Å². The highest BCUT2D eigenvalue weighted by Gasteiger charge is 2.55. The number of hydrogen-bond donors (Lipinski definition) is 2. The van der Waals surface area contributed by atoms with Crippen LogP contribution in [0.3, 0.4) is 0 Å². The van der Waals surface area contributed by atoms with Crippen molar-refractivity contribution in [3.05, 3.63) is 17.8 Å². The standard InChI is InChI=1S/C25H38N4O4/c1-15-13-29(14-16(2)32-15)21-8-7-20(17(3)26-21)28-22(30)18-9-25(10-18)11-19(12-25)27-23(31)33-24(4,5)6/h7-8,15-16,18-19H,9-14H2,1-6H3,(H,27,31)(H,28,30). The predicted octanol–water partition coefficient (Wildman–Crippen LogP) is 4.03. The number of aryl methyl sites for hydroxylation is 1. The first-order valence-electron chi connectivity index (χ1n) is 12.1. The summed E-state index contributed by atoms with van der Waals surface area (Å²) in [5, 5.41) is 6.02. The fraction of sp³-hybridized carbons (Fsp3) is 0.720. The molecule has 8 heteroatoms. The van der Waals surface area contributed by atoms with Gasteiger partial charge in [0.05, 0.1) is 23.6 Å². The SMILES string of the molecule is Cc1nc(N2CC(C)OC(C)C2)ccc1NC(=O)C1CC2(CC(NC(=O)OC(C)(C)C)C2)C1. The molecule has 2 N–H and O–H groups in total. The molecule has 3 aliphatic rings. The van der Waals surface area contributed by atoms with Crippen molar-refractivity contribution in [3.8, 4) is 0 Å². The molecule has 1 aromatic rings. The van der Waals surface area contributed by atoms with Crippen molar-refractivity contribution in [1.29, 1.82) is 0 Å². The van der Waals surface area contributed by atoms with Gasteiger partial charge in [0.1, 0.15) is 11.4 Å². The normalized spacial score (nSPS) is 31.4. The van der Waals surface area contributed by atoms with Crippen molar-refractivity contribution in [1.82, 2.24) is 10.3 Å². The number of alkyl carbamates (subject to hydrolysis) is 1. The van der Waals surface area contributed by atoms with E-state index >= 15 is 0 Å². The topological polar surface area (TPSA) is 92.8 Å². The maximum Gasteiger partial charge on any atom is 0.407 e. The third kappa shape index (κ3) is 5.60. The second kappa shape index (κ2) is 8.78. The first-order chi connectivity index (χ1) is 15.4. The molecule has 0 bridgehead atoms. The number of nitrogens with one attached hydrogen (secondary N) is 2. The highest BCUT2D eigenvalue weighted by molar-refractivity contribution is 5.93. The summed E-state index contributed by atoms with van der Waals surface area (Å²) in [4.78, 5) is 31.7. The molecule has 1 spiro atoms. The number of pyridine rings is 1. The van der Waals surface area contributed by atoms with Crippen LogP contribution in [0.5, 0.6) is 0 Å². The minimum Gasteiger partial charge on any atom is -0.444 e. The minimum absolute atomic E-state index is 0.0208. The molecule has 182 valence electrons. The average molecular weight is 459 g/mol. The van der Waals surface area contributed by atoms with Gasteiger partial charge in [-0.05, 0) is 84.8 Å². The van der Waals surface area contributed by atoms with E-state index in [1.165, 1.54) is 0 Å². The van der Waals surface area contributed by atoms with Crippen molar-refractivity contribution in [2.75, 3.05) is 23.3 Å². The molecule has 2 atom stereocenters. The average Bonchev–Trinajstić information content (AvgIpc) is 2.61. The molecular weight excluding hydrogens is 420 g/mol. The Bertz CT molecular complexity index is 888. The van der Waals surface area contributed by atoms with Crippen molar-refractivity contribution in [3.63, 3.8) is 0 Å². The van der Waals surface area contributed by atoms with Crippen LogP contribution in [-0.4, -0.2) is 53.9 Å². The zero-order chi connectivity index (χ0) is 24.0. The van der Waals surface area contributed by atoms with Crippen LogP contribution in [0.4, 0.5) is 16.3 Å². The summed E-state index contributed by atoms with van der Waals surface area (Å²) < 4.78 is 11.1. The van der Waals surface area contributed by atoms with Crippen LogP contribution < -0.4 is 15.5 Å². The van der Waals surface area contributed by atoms with Crippen LogP contribution in [0.1, 0.15) is 66.0 Å². The molecule has 2 aliphatic carbocycles. The lowest BCUT2D eigenvalue weighted by Gasteiger charge is -2.57. The smallest absolute Gasteiger partial charge is 0.407 e. The fourth-order valence-electron chi connectivity index (χ4n) is 5.52. The van der Waals surface area contributed by atoms with Gasteiger partial charge in [-0.15, -0.1) is 0 Å². The van der Waals surface area contributed by atoms with E-state index in [0.29, 0.717) is 0 Å². The summed E-state index contributed by atoms with van der Waals surface area (Å²) in [5.74, 6) is 1.01. The van der Waals surface area contributed by atoms with Gasteiger partial charge in [-0.25, -0.2) is 9.78 Å². The zero-order valence-electron chi connectivity index (χ0n) is 20.7. The van der Waals surface area contributed by atoms with Gasteiger partial charge in [0.2, 0.25) is 5.91 Å². The molecule has 0 radical (unpaired) electrons. The Morgan fingerprint density at radius 2 is 1.76 bits per heavy atom. The van der Waals surface area contributed by atoms with E-state index in [9.17, 15) is 9.59 Å². The van der Waals surface area contributed by atoms with Gasteiger partial charge in [-0.1, -0.05) is 0 Å². The molecule has 3 fully saturated rings. The van der Waals surface area contributed by atoms with E-state index in [4.69, 9.17) is 14.5 Å². The Morgan fingerprint density at radius 1 is 1.12 bits per heavy atom. The summed E-state index contributed by atoms with van der Waals surface area (Å²) >= 11 is 0. The van der Waals surface area contributed by atoms with E-state index in [1.54, 1.807) is 0 Å². The van der Waals surface area contributed by atoms with E-state index < -0.39 is 5.60 Å². The molecule has 2 amide bonds. The molecule has 2 saturated carbocycles. The van der Waals surface area contributed by atoms with Gasteiger partial charge < -0.3 is 25.0 Å². The molecule has 2 heterocycles. The number of carbonyl (C=O) groups is 2. The van der Waals surface area contributed by atoms with Gasteiger partial charge in [-0.2, -0.15) is 0 Å². The van der Waals surface area contributed by atoms with Gasteiger partial charge in [0, 0.05) is 25.0 Å². The summed E-state index contributed by atoms with van der Waals surface area (Å²) in [6.07, 6.45) is 3.57. The number of carbonyl (C=O) groups excluding carboxylic acids is 2. The zero-order valence-corrected chi connectivity index (χ0v) is 20.7. The number of amides is 2. The lowest BCUT2D eigenvalue weighted by molar-refractivity contribution is -0.133. The molecule has 8 nitrogen and oxygen atoms in total.